The van der Waals surface area contributed by atoms with E-state index in [1.807, 2.05) is 0 Å². The topological polar surface area (TPSA) is 86.6 Å². The predicted molar refractivity (Wildman–Crippen MR) is 76.2 cm³/mol. The molecule has 0 bridgehead atoms. The molecule has 0 aliphatic carbocycles. The number of nitrogens with one attached hydrogen (secondary N) is 1. The predicted octanol–water partition coefficient (Wildman–Crippen LogP) is 2.81. The fourth-order valence-electron chi connectivity index (χ4n) is 1.74. The van der Waals surface area contributed by atoms with E-state index >= 15 is 0 Å². The molecule has 0 aliphatic rings. The smallest absolute Gasteiger partial charge is 0.303 e. The minimum Gasteiger partial charge on any atom is -0.507 e. The molecule has 5 nitrogen and oxygen atoms in total. The van der Waals surface area contributed by atoms with Gasteiger partial charge in [0.2, 0.25) is 0 Å². The van der Waals surface area contributed by atoms with Gasteiger partial charge in [-0.25, -0.2) is 0 Å². The third-order valence-electron chi connectivity index (χ3n) is 2.81. The van der Waals surface area contributed by atoms with Crippen molar-refractivity contribution in [1.82, 2.24) is 5.32 Å². The quantitative estimate of drug-likeness (QED) is 0.644. The van der Waals surface area contributed by atoms with Gasteiger partial charge in [0.1, 0.15) is 5.75 Å². The lowest BCUT2D eigenvalue weighted by Gasteiger charge is -2.07. The van der Waals surface area contributed by atoms with Crippen LogP contribution in [0, 0.1) is 0 Å². The van der Waals surface area contributed by atoms with Crippen molar-refractivity contribution >= 4 is 23.5 Å². The summed E-state index contributed by atoms with van der Waals surface area (Å²) in [5.41, 5.74) is 0.156. The number of halogens is 1. The highest BCUT2D eigenvalue weighted by Crippen LogP contribution is 2.21. The third kappa shape index (κ3) is 5.93. The van der Waals surface area contributed by atoms with Gasteiger partial charge in [-0.1, -0.05) is 24.4 Å². The second kappa shape index (κ2) is 8.43. The fraction of sp³-hybridized carbons (Fsp3) is 0.429. The van der Waals surface area contributed by atoms with Gasteiger partial charge in [0.05, 0.1) is 5.56 Å². The molecule has 0 saturated heterocycles. The van der Waals surface area contributed by atoms with Gasteiger partial charge in [0, 0.05) is 18.0 Å². The number of hydrogen-bond donors (Lipinski definition) is 3. The highest BCUT2D eigenvalue weighted by molar-refractivity contribution is 6.31. The number of unbranched alkanes of at least 4 members (excludes halogenated alkanes) is 3. The number of carbonyl (C=O) groups excluding carboxylic acids is 1. The van der Waals surface area contributed by atoms with E-state index < -0.39 is 5.97 Å². The Balaban J connectivity index is 2.23. The van der Waals surface area contributed by atoms with Crippen molar-refractivity contribution in [2.45, 2.75) is 32.1 Å². The van der Waals surface area contributed by atoms with E-state index in [9.17, 15) is 14.7 Å². The summed E-state index contributed by atoms with van der Waals surface area (Å²) in [6.45, 7) is 0.484. The average Bonchev–Trinajstić information content (AvgIpc) is 2.39. The summed E-state index contributed by atoms with van der Waals surface area (Å²) in [5, 5.41) is 21.1. The molecule has 1 rings (SSSR count). The molecule has 20 heavy (non-hydrogen) atoms. The van der Waals surface area contributed by atoms with Gasteiger partial charge in [0.25, 0.3) is 5.91 Å². The number of phenolic OH excluding ortho intramolecular Hbond substituents is 1. The van der Waals surface area contributed by atoms with Crippen molar-refractivity contribution in [2.75, 3.05) is 6.54 Å². The van der Waals surface area contributed by atoms with E-state index in [0.29, 0.717) is 18.0 Å². The Labute approximate surface area is 122 Å². The number of carboxylic acid groups (broad SMARTS) is 1. The minimum absolute atomic E-state index is 0.103. The molecule has 0 saturated carbocycles. The maximum absolute atomic E-state index is 11.8. The van der Waals surface area contributed by atoms with E-state index in [4.69, 9.17) is 16.7 Å². The molecular formula is C14H18ClNO4. The van der Waals surface area contributed by atoms with Crippen molar-refractivity contribution in [3.8, 4) is 5.75 Å². The van der Waals surface area contributed by atoms with E-state index in [1.165, 1.54) is 18.2 Å². The molecule has 0 fully saturated rings. The van der Waals surface area contributed by atoms with E-state index in [0.717, 1.165) is 19.3 Å². The average molecular weight is 300 g/mol. The number of rotatable bonds is 8. The molecule has 1 amide bonds. The number of carbonyl (C=O) groups is 2. The molecular weight excluding hydrogens is 282 g/mol. The molecule has 1 aromatic rings. The number of hydrogen-bond acceptors (Lipinski definition) is 3. The number of phenols is 1. The summed E-state index contributed by atoms with van der Waals surface area (Å²) in [5.74, 6) is -1.25. The molecule has 0 unspecified atom stereocenters. The highest BCUT2D eigenvalue weighted by atomic mass is 35.5. The SMILES string of the molecule is O=C(O)CCCCCCNC(=O)c1cc(Cl)ccc1O. The molecule has 1 aromatic carbocycles. The molecule has 3 N–H and O–H groups in total. The van der Waals surface area contributed by atoms with Crippen LogP contribution in [0.15, 0.2) is 18.2 Å². The monoisotopic (exact) mass is 299 g/mol. The van der Waals surface area contributed by atoms with Gasteiger partial charge in [-0.05, 0) is 31.0 Å². The van der Waals surface area contributed by atoms with Crippen LogP contribution in [0.5, 0.6) is 5.75 Å². The largest absolute Gasteiger partial charge is 0.507 e. The summed E-state index contributed by atoms with van der Waals surface area (Å²) in [6.07, 6.45) is 3.29. The van der Waals surface area contributed by atoms with E-state index in [2.05, 4.69) is 5.32 Å². The Morgan fingerprint density at radius 2 is 1.85 bits per heavy atom. The van der Waals surface area contributed by atoms with Gasteiger partial charge >= 0.3 is 5.97 Å². The zero-order valence-corrected chi connectivity index (χ0v) is 11.8. The Bertz CT molecular complexity index is 476. The lowest BCUT2D eigenvalue weighted by molar-refractivity contribution is -0.137. The molecule has 0 heterocycles. The molecule has 6 heteroatoms. The molecule has 0 radical (unpaired) electrons. The zero-order valence-electron chi connectivity index (χ0n) is 11.1. The summed E-state index contributed by atoms with van der Waals surface area (Å²) in [6, 6.07) is 4.30. The Kier molecular flexibility index (Phi) is 6.87. The first kappa shape index (κ1) is 16.3. The van der Waals surface area contributed by atoms with Crippen LogP contribution >= 0.6 is 11.6 Å². The van der Waals surface area contributed by atoms with Crippen LogP contribution < -0.4 is 5.32 Å². The van der Waals surface area contributed by atoms with Crippen LogP contribution in [0.25, 0.3) is 0 Å². The number of aliphatic carboxylic acids is 1. The second-order valence-electron chi connectivity index (χ2n) is 4.48. The van der Waals surface area contributed by atoms with Crippen LogP contribution in [-0.4, -0.2) is 28.6 Å². The normalized spacial score (nSPS) is 10.2. The zero-order chi connectivity index (χ0) is 15.0. The molecule has 0 aromatic heterocycles. The maximum Gasteiger partial charge on any atom is 0.303 e. The van der Waals surface area contributed by atoms with Crippen molar-refractivity contribution in [3.05, 3.63) is 28.8 Å². The lowest BCUT2D eigenvalue weighted by atomic mass is 10.1. The second-order valence-corrected chi connectivity index (χ2v) is 4.91. The van der Waals surface area contributed by atoms with Crippen molar-refractivity contribution < 1.29 is 19.8 Å². The first-order valence-corrected chi connectivity index (χ1v) is 6.87. The molecule has 0 aliphatic heterocycles. The van der Waals surface area contributed by atoms with Crippen molar-refractivity contribution in [2.24, 2.45) is 0 Å². The lowest BCUT2D eigenvalue weighted by Crippen LogP contribution is -2.24. The number of aromatic hydroxyl groups is 1. The fourth-order valence-corrected chi connectivity index (χ4v) is 1.91. The number of carboxylic acids is 1. The minimum atomic E-state index is -0.783. The highest BCUT2D eigenvalue weighted by Gasteiger charge is 2.10. The molecule has 110 valence electrons. The van der Waals surface area contributed by atoms with Gasteiger partial charge in [-0.2, -0.15) is 0 Å². The Morgan fingerprint density at radius 3 is 2.55 bits per heavy atom. The van der Waals surface area contributed by atoms with Gasteiger partial charge < -0.3 is 15.5 Å². The summed E-state index contributed by atoms with van der Waals surface area (Å²) in [7, 11) is 0. The summed E-state index contributed by atoms with van der Waals surface area (Å²) >= 11 is 5.77. The molecule has 0 spiro atoms. The summed E-state index contributed by atoms with van der Waals surface area (Å²) < 4.78 is 0. The van der Waals surface area contributed by atoms with Gasteiger partial charge in [-0.3, -0.25) is 9.59 Å². The van der Waals surface area contributed by atoms with Crippen LogP contribution in [0.1, 0.15) is 42.5 Å². The molecule has 0 atom stereocenters. The van der Waals surface area contributed by atoms with E-state index in [-0.39, 0.29) is 23.6 Å². The van der Waals surface area contributed by atoms with Crippen LogP contribution in [-0.2, 0) is 4.79 Å². The third-order valence-corrected chi connectivity index (χ3v) is 3.04. The van der Waals surface area contributed by atoms with Gasteiger partial charge in [-0.15, -0.1) is 0 Å². The van der Waals surface area contributed by atoms with Crippen LogP contribution in [0.4, 0.5) is 0 Å². The first-order valence-electron chi connectivity index (χ1n) is 6.49. The maximum atomic E-state index is 11.8. The Hall–Kier alpha value is -1.75. The van der Waals surface area contributed by atoms with Gasteiger partial charge in [0.15, 0.2) is 0 Å². The Morgan fingerprint density at radius 1 is 1.15 bits per heavy atom. The standard InChI is InChI=1S/C14H18ClNO4/c15-10-6-7-12(17)11(9-10)14(20)16-8-4-2-1-3-5-13(18)19/h6-7,9,17H,1-5,8H2,(H,16,20)(H,18,19). The van der Waals surface area contributed by atoms with Crippen LogP contribution in [0.3, 0.4) is 0 Å². The van der Waals surface area contributed by atoms with Crippen LogP contribution in [0.2, 0.25) is 5.02 Å². The van der Waals surface area contributed by atoms with Crippen molar-refractivity contribution in [3.63, 3.8) is 0 Å². The number of benzene rings is 1. The number of amides is 1. The van der Waals surface area contributed by atoms with E-state index in [1.54, 1.807) is 0 Å². The first-order chi connectivity index (χ1) is 9.50. The van der Waals surface area contributed by atoms with Crippen molar-refractivity contribution in [1.29, 1.82) is 0 Å². The summed E-state index contributed by atoms with van der Waals surface area (Å²) in [4.78, 5) is 22.1.